The van der Waals surface area contributed by atoms with Gasteiger partial charge in [-0.05, 0) is 89.9 Å². The summed E-state index contributed by atoms with van der Waals surface area (Å²) in [7, 11) is 0. The van der Waals surface area contributed by atoms with Crippen molar-refractivity contribution in [2.45, 2.75) is 328 Å². The molecule has 0 saturated carbocycles. The highest BCUT2D eigenvalue weighted by atomic mass is 16.6. The summed E-state index contributed by atoms with van der Waals surface area (Å²) in [5.74, 6) is -0.578. The molecule has 0 saturated heterocycles. The van der Waals surface area contributed by atoms with Gasteiger partial charge in [0.2, 0.25) is 0 Å². The van der Waals surface area contributed by atoms with Crippen LogP contribution in [-0.4, -0.2) is 36.4 Å². The minimum atomic E-state index is -0.775. The maximum atomic E-state index is 12.4. The van der Waals surface area contributed by atoms with Crippen LogP contribution in [0, 0.1) is 0 Å². The van der Waals surface area contributed by atoms with Crippen molar-refractivity contribution in [3.8, 4) is 0 Å². The predicted molar refractivity (Wildman–Crippen MR) is 334 cm³/mol. The third-order valence-corrected chi connectivity index (χ3v) is 14.4. The van der Waals surface area contributed by atoms with Gasteiger partial charge in [0.05, 0.1) is 6.61 Å². The minimum Gasteiger partial charge on any atom is -0.462 e. The molecule has 0 bridgehead atoms. The molecule has 0 aliphatic rings. The van der Waals surface area contributed by atoms with E-state index in [-0.39, 0.29) is 25.2 Å². The first-order valence-electron chi connectivity index (χ1n) is 32.8. The largest absolute Gasteiger partial charge is 0.462 e. The monoisotopic (exact) mass is 1060 g/mol. The molecule has 0 aromatic rings. The standard InChI is InChI=1S/C71H124O5/c1-3-5-7-9-11-13-15-17-19-21-23-25-27-29-31-33-34-35-36-38-40-42-44-46-48-50-52-54-56-58-60-62-64-66-71(74)76-69(67-72)68-75-70(73)65-63-61-59-57-55-53-51-49-47-45-43-41-39-37-32-30-28-26-24-22-20-18-16-14-12-10-8-6-4-2/h5-8,11-14,17-20,23-26,69,72H,3-4,9-10,15-16,21-22,27-68H2,1-2H3/b7-5-,8-6-,13-11-,14-12-,19-17-,20-18-,25-23-,26-24-. The number of hydrogen-bond acceptors (Lipinski definition) is 5. The van der Waals surface area contributed by atoms with Gasteiger partial charge in [-0.3, -0.25) is 9.59 Å². The maximum Gasteiger partial charge on any atom is 0.306 e. The second kappa shape index (κ2) is 66.1. The van der Waals surface area contributed by atoms with Gasteiger partial charge in [0.25, 0.3) is 0 Å². The third-order valence-electron chi connectivity index (χ3n) is 14.4. The number of ether oxygens (including phenoxy) is 2. The van der Waals surface area contributed by atoms with Gasteiger partial charge < -0.3 is 14.6 Å². The molecule has 5 heteroatoms. The molecule has 0 aliphatic carbocycles. The number of aliphatic hydroxyl groups excluding tert-OH is 1. The zero-order valence-electron chi connectivity index (χ0n) is 50.3. The summed E-state index contributed by atoms with van der Waals surface area (Å²) in [6.07, 6.45) is 94.2. The smallest absolute Gasteiger partial charge is 0.306 e. The summed E-state index contributed by atoms with van der Waals surface area (Å²) in [6, 6.07) is 0. The second-order valence-corrected chi connectivity index (χ2v) is 21.8. The highest BCUT2D eigenvalue weighted by molar-refractivity contribution is 5.70. The Balaban J connectivity index is 3.43. The van der Waals surface area contributed by atoms with Crippen molar-refractivity contribution in [2.75, 3.05) is 13.2 Å². The van der Waals surface area contributed by atoms with Crippen LogP contribution in [0.25, 0.3) is 0 Å². The van der Waals surface area contributed by atoms with E-state index in [1.165, 1.54) is 205 Å². The first-order chi connectivity index (χ1) is 37.6. The Kier molecular flexibility index (Phi) is 63.3. The molecule has 0 rings (SSSR count). The van der Waals surface area contributed by atoms with Crippen molar-refractivity contribution >= 4 is 11.9 Å². The van der Waals surface area contributed by atoms with E-state index in [9.17, 15) is 14.7 Å². The first kappa shape index (κ1) is 72.8. The Labute approximate surface area is 472 Å². The molecular weight excluding hydrogens is 933 g/mol. The fourth-order valence-electron chi connectivity index (χ4n) is 9.54. The average Bonchev–Trinajstić information content (AvgIpc) is 3.42. The van der Waals surface area contributed by atoms with Gasteiger partial charge in [-0.1, -0.05) is 317 Å². The van der Waals surface area contributed by atoms with Crippen molar-refractivity contribution in [2.24, 2.45) is 0 Å². The molecule has 0 spiro atoms. The molecule has 0 amide bonds. The van der Waals surface area contributed by atoms with Crippen LogP contribution in [0.1, 0.15) is 322 Å². The lowest BCUT2D eigenvalue weighted by Crippen LogP contribution is -2.28. The lowest BCUT2D eigenvalue weighted by atomic mass is 10.0. The van der Waals surface area contributed by atoms with Crippen LogP contribution < -0.4 is 0 Å². The number of aliphatic hydroxyl groups is 1. The topological polar surface area (TPSA) is 72.8 Å². The van der Waals surface area contributed by atoms with Crippen LogP contribution in [0.15, 0.2) is 97.2 Å². The highest BCUT2D eigenvalue weighted by Gasteiger charge is 2.16. The Morgan fingerprint density at radius 2 is 0.526 bits per heavy atom. The molecule has 5 nitrogen and oxygen atoms in total. The highest BCUT2D eigenvalue weighted by Crippen LogP contribution is 2.18. The fraction of sp³-hybridized carbons (Fsp3) is 0.746. The normalized spacial score (nSPS) is 12.8. The second-order valence-electron chi connectivity index (χ2n) is 21.8. The van der Waals surface area contributed by atoms with Crippen molar-refractivity contribution < 1.29 is 24.2 Å². The minimum absolute atomic E-state index is 0.0651. The summed E-state index contributed by atoms with van der Waals surface area (Å²) in [4.78, 5) is 24.6. The zero-order chi connectivity index (χ0) is 54.8. The predicted octanol–water partition coefficient (Wildman–Crippen LogP) is 22.6. The van der Waals surface area contributed by atoms with Gasteiger partial charge >= 0.3 is 11.9 Å². The number of allylic oxidation sites excluding steroid dienone is 16. The van der Waals surface area contributed by atoms with Gasteiger partial charge in [-0.2, -0.15) is 0 Å². The lowest BCUT2D eigenvalue weighted by molar-refractivity contribution is -0.161. The first-order valence-corrected chi connectivity index (χ1v) is 32.8. The van der Waals surface area contributed by atoms with Crippen LogP contribution in [-0.2, 0) is 19.1 Å². The number of carbonyl (C=O) groups excluding carboxylic acids is 2. The lowest BCUT2D eigenvalue weighted by Gasteiger charge is -2.15. The molecular formula is C71H124O5. The SMILES string of the molecule is CC/C=C\C/C=C\C/C=C\C/C=C\CCCCCCCCCCCCCCCCCCCCCCC(=O)OC(CO)COC(=O)CCCCCCCCCCCCCCCCCC/C=C\C/C=C\C/C=C\C/C=C\CC. The molecule has 1 N–H and O–H groups in total. The van der Waals surface area contributed by atoms with Gasteiger partial charge in [0.15, 0.2) is 6.10 Å². The number of hydrogen-bond donors (Lipinski definition) is 1. The summed E-state index contributed by atoms with van der Waals surface area (Å²) < 4.78 is 10.8. The molecule has 1 atom stereocenters. The van der Waals surface area contributed by atoms with E-state index in [1.807, 2.05) is 0 Å². The Morgan fingerprint density at radius 3 is 0.789 bits per heavy atom. The van der Waals surface area contributed by atoms with Crippen LogP contribution in [0.4, 0.5) is 0 Å². The molecule has 76 heavy (non-hydrogen) atoms. The van der Waals surface area contributed by atoms with Gasteiger partial charge in [0, 0.05) is 12.8 Å². The van der Waals surface area contributed by atoms with Crippen molar-refractivity contribution in [3.05, 3.63) is 97.2 Å². The molecule has 0 aromatic heterocycles. The van der Waals surface area contributed by atoms with Crippen LogP contribution in [0.2, 0.25) is 0 Å². The van der Waals surface area contributed by atoms with Crippen molar-refractivity contribution in [1.29, 1.82) is 0 Å². The summed E-state index contributed by atoms with van der Waals surface area (Å²) >= 11 is 0. The molecule has 0 heterocycles. The molecule has 1 unspecified atom stereocenters. The summed E-state index contributed by atoms with van der Waals surface area (Å²) in [5.41, 5.74) is 0. The Morgan fingerprint density at radius 1 is 0.303 bits per heavy atom. The Bertz CT molecular complexity index is 1430. The van der Waals surface area contributed by atoms with E-state index in [4.69, 9.17) is 9.47 Å². The molecule has 0 radical (unpaired) electrons. The molecule has 438 valence electrons. The number of unbranched alkanes of at least 4 members (excludes halogenated alkanes) is 36. The van der Waals surface area contributed by atoms with Gasteiger partial charge in [-0.15, -0.1) is 0 Å². The van der Waals surface area contributed by atoms with Crippen molar-refractivity contribution in [1.82, 2.24) is 0 Å². The number of rotatable bonds is 60. The van der Waals surface area contributed by atoms with Crippen LogP contribution in [0.3, 0.4) is 0 Å². The Hall–Kier alpha value is -3.18. The van der Waals surface area contributed by atoms with E-state index >= 15 is 0 Å². The quantitative estimate of drug-likeness (QED) is 0.0373. The van der Waals surface area contributed by atoms with E-state index in [0.29, 0.717) is 12.8 Å². The van der Waals surface area contributed by atoms with Gasteiger partial charge in [-0.25, -0.2) is 0 Å². The number of esters is 2. The van der Waals surface area contributed by atoms with Crippen LogP contribution in [0.5, 0.6) is 0 Å². The number of carbonyl (C=O) groups is 2. The van der Waals surface area contributed by atoms with Gasteiger partial charge in [0.1, 0.15) is 6.61 Å². The average molecular weight is 1060 g/mol. The summed E-state index contributed by atoms with van der Waals surface area (Å²) in [5, 5.41) is 9.69. The van der Waals surface area contributed by atoms with E-state index in [0.717, 1.165) is 89.9 Å². The molecule has 0 aliphatic heterocycles. The van der Waals surface area contributed by atoms with E-state index in [2.05, 4.69) is 111 Å². The summed E-state index contributed by atoms with van der Waals surface area (Å²) in [6.45, 7) is 3.95. The van der Waals surface area contributed by atoms with E-state index < -0.39 is 6.10 Å². The van der Waals surface area contributed by atoms with Crippen LogP contribution >= 0.6 is 0 Å². The zero-order valence-corrected chi connectivity index (χ0v) is 50.3. The van der Waals surface area contributed by atoms with Crippen molar-refractivity contribution in [3.63, 3.8) is 0 Å². The molecule has 0 fully saturated rings. The van der Waals surface area contributed by atoms with E-state index in [1.54, 1.807) is 0 Å². The fourth-order valence-corrected chi connectivity index (χ4v) is 9.54. The third kappa shape index (κ3) is 63.4. The maximum absolute atomic E-state index is 12.4. The molecule has 0 aromatic carbocycles.